The van der Waals surface area contributed by atoms with Crippen molar-refractivity contribution in [3.63, 3.8) is 0 Å². The molecule has 0 radical (unpaired) electrons. The van der Waals surface area contributed by atoms with Gasteiger partial charge in [0.1, 0.15) is 0 Å². The van der Waals surface area contributed by atoms with Crippen LogP contribution in [0.5, 0.6) is 0 Å². The van der Waals surface area contributed by atoms with Crippen LogP contribution in [0.1, 0.15) is 25.7 Å². The number of alkyl halides is 1. The zero-order valence-corrected chi connectivity index (χ0v) is 9.47. The molecule has 1 saturated carbocycles. The van der Waals surface area contributed by atoms with Gasteiger partial charge in [-0.05, 0) is 19.3 Å². The van der Waals surface area contributed by atoms with Crippen LogP contribution in [0, 0.1) is 0 Å². The van der Waals surface area contributed by atoms with Crippen LogP contribution >= 0.6 is 15.9 Å². The number of hydrogen-bond acceptors (Lipinski definition) is 2. The van der Waals surface area contributed by atoms with Gasteiger partial charge in [-0.15, -0.1) is 0 Å². The van der Waals surface area contributed by atoms with Crippen LogP contribution in [-0.2, 0) is 9.53 Å². The molecule has 0 bridgehead atoms. The van der Waals surface area contributed by atoms with Gasteiger partial charge in [-0.2, -0.15) is 0 Å². The van der Waals surface area contributed by atoms with Gasteiger partial charge in [-0.25, -0.2) is 0 Å². The molecule has 1 aliphatic carbocycles. The van der Waals surface area contributed by atoms with E-state index in [0.717, 1.165) is 24.6 Å². The number of carbonyl (C=O) groups is 1. The Morgan fingerprint density at radius 1 is 1.62 bits per heavy atom. The van der Waals surface area contributed by atoms with Crippen molar-refractivity contribution in [1.82, 2.24) is 5.32 Å². The zero-order chi connectivity index (χ0) is 9.68. The number of amides is 1. The predicted octanol–water partition coefficient (Wildman–Crippen LogP) is 1.46. The van der Waals surface area contributed by atoms with Crippen molar-refractivity contribution in [2.75, 3.05) is 12.4 Å². The normalized spacial score (nSPS) is 27.5. The Morgan fingerprint density at radius 2 is 2.38 bits per heavy atom. The highest BCUT2D eigenvalue weighted by Gasteiger charge is 2.25. The summed E-state index contributed by atoms with van der Waals surface area (Å²) >= 11 is 3.24. The number of methoxy groups -OCH3 is 1. The number of rotatable bonds is 4. The minimum atomic E-state index is 0.138. The summed E-state index contributed by atoms with van der Waals surface area (Å²) < 4.78 is 5.22. The fourth-order valence-electron chi connectivity index (χ4n) is 1.67. The predicted molar refractivity (Wildman–Crippen MR) is 55.0 cm³/mol. The fraction of sp³-hybridized carbons (Fsp3) is 0.889. The lowest BCUT2D eigenvalue weighted by atomic mass is 10.2. The highest BCUT2D eigenvalue weighted by Crippen LogP contribution is 2.21. The van der Waals surface area contributed by atoms with Crippen LogP contribution in [-0.4, -0.2) is 30.5 Å². The summed E-state index contributed by atoms with van der Waals surface area (Å²) in [7, 11) is 1.73. The maximum atomic E-state index is 11.2. The molecular formula is C9H16BrNO2. The molecular weight excluding hydrogens is 234 g/mol. The quantitative estimate of drug-likeness (QED) is 0.767. The molecule has 0 saturated heterocycles. The Bertz CT molecular complexity index is 175. The third-order valence-electron chi connectivity index (χ3n) is 2.40. The Labute approximate surface area is 87.3 Å². The topological polar surface area (TPSA) is 38.3 Å². The van der Waals surface area contributed by atoms with Gasteiger partial charge in [-0.3, -0.25) is 4.79 Å². The SMILES string of the molecule is COC1CCC(NC(=O)CCBr)C1. The molecule has 0 heterocycles. The van der Waals surface area contributed by atoms with Gasteiger partial charge in [0.05, 0.1) is 6.10 Å². The van der Waals surface area contributed by atoms with Crippen molar-refractivity contribution in [1.29, 1.82) is 0 Å². The largest absolute Gasteiger partial charge is 0.381 e. The molecule has 1 fully saturated rings. The molecule has 2 atom stereocenters. The van der Waals surface area contributed by atoms with Gasteiger partial charge in [0.15, 0.2) is 0 Å². The van der Waals surface area contributed by atoms with Gasteiger partial charge in [0.25, 0.3) is 0 Å². The average molecular weight is 250 g/mol. The summed E-state index contributed by atoms with van der Waals surface area (Å²) in [6.45, 7) is 0. The molecule has 1 aliphatic rings. The van der Waals surface area contributed by atoms with Crippen LogP contribution < -0.4 is 5.32 Å². The lowest BCUT2D eigenvalue weighted by molar-refractivity contribution is -0.121. The Balaban J connectivity index is 2.19. The van der Waals surface area contributed by atoms with E-state index < -0.39 is 0 Å². The number of carbonyl (C=O) groups excluding carboxylic acids is 1. The van der Waals surface area contributed by atoms with Crippen LogP contribution in [0.3, 0.4) is 0 Å². The number of halogens is 1. The van der Waals surface area contributed by atoms with E-state index in [0.29, 0.717) is 18.6 Å². The van der Waals surface area contributed by atoms with Crippen molar-refractivity contribution < 1.29 is 9.53 Å². The molecule has 0 aromatic rings. The summed E-state index contributed by atoms with van der Waals surface area (Å²) in [6, 6.07) is 0.330. The molecule has 2 unspecified atom stereocenters. The Hall–Kier alpha value is -0.0900. The standard InChI is InChI=1S/C9H16BrNO2/c1-13-8-3-2-7(6-8)11-9(12)4-5-10/h7-8H,2-6H2,1H3,(H,11,12). The van der Waals surface area contributed by atoms with E-state index in [2.05, 4.69) is 21.2 Å². The maximum Gasteiger partial charge on any atom is 0.221 e. The highest BCUT2D eigenvalue weighted by atomic mass is 79.9. The van der Waals surface area contributed by atoms with Gasteiger partial charge in [0.2, 0.25) is 5.91 Å². The third-order valence-corrected chi connectivity index (χ3v) is 2.80. The summed E-state index contributed by atoms with van der Waals surface area (Å²) in [5, 5.41) is 3.73. The lowest BCUT2D eigenvalue weighted by Gasteiger charge is -2.12. The van der Waals surface area contributed by atoms with Crippen LogP contribution in [0.2, 0.25) is 0 Å². The van der Waals surface area contributed by atoms with E-state index >= 15 is 0 Å². The summed E-state index contributed by atoms with van der Waals surface area (Å²) in [5.41, 5.74) is 0. The van der Waals surface area contributed by atoms with Crippen LogP contribution in [0.15, 0.2) is 0 Å². The molecule has 1 N–H and O–H groups in total. The van der Waals surface area contributed by atoms with Crippen molar-refractivity contribution >= 4 is 21.8 Å². The first kappa shape index (κ1) is 11.0. The second-order valence-corrected chi connectivity index (χ2v) is 4.17. The third kappa shape index (κ3) is 3.65. The van der Waals surface area contributed by atoms with Gasteiger partial charge < -0.3 is 10.1 Å². The van der Waals surface area contributed by atoms with E-state index in [9.17, 15) is 4.79 Å². The number of ether oxygens (including phenoxy) is 1. The molecule has 0 aromatic carbocycles. The van der Waals surface area contributed by atoms with E-state index in [4.69, 9.17) is 4.74 Å². The molecule has 0 aromatic heterocycles. The van der Waals surface area contributed by atoms with Gasteiger partial charge in [-0.1, -0.05) is 15.9 Å². The van der Waals surface area contributed by atoms with E-state index in [1.165, 1.54) is 0 Å². The Kier molecular flexibility index (Phi) is 4.73. The molecule has 1 amide bonds. The van der Waals surface area contributed by atoms with Crippen molar-refractivity contribution in [3.8, 4) is 0 Å². The van der Waals surface area contributed by atoms with E-state index in [1.807, 2.05) is 0 Å². The number of hydrogen-bond donors (Lipinski definition) is 1. The van der Waals surface area contributed by atoms with Crippen LogP contribution in [0.25, 0.3) is 0 Å². The molecule has 13 heavy (non-hydrogen) atoms. The molecule has 1 rings (SSSR count). The Morgan fingerprint density at radius 3 is 2.92 bits per heavy atom. The maximum absolute atomic E-state index is 11.2. The van der Waals surface area contributed by atoms with E-state index in [1.54, 1.807) is 7.11 Å². The first-order chi connectivity index (χ1) is 6.26. The monoisotopic (exact) mass is 249 g/mol. The first-order valence-electron chi connectivity index (χ1n) is 4.64. The highest BCUT2D eigenvalue weighted by molar-refractivity contribution is 9.09. The lowest BCUT2D eigenvalue weighted by Crippen LogP contribution is -2.33. The first-order valence-corrected chi connectivity index (χ1v) is 5.76. The minimum absolute atomic E-state index is 0.138. The molecule has 0 aliphatic heterocycles. The van der Waals surface area contributed by atoms with Crippen molar-refractivity contribution in [2.24, 2.45) is 0 Å². The molecule has 4 heteroatoms. The smallest absolute Gasteiger partial charge is 0.221 e. The summed E-state index contributed by atoms with van der Waals surface area (Å²) in [4.78, 5) is 11.2. The van der Waals surface area contributed by atoms with Crippen molar-refractivity contribution in [2.45, 2.75) is 37.8 Å². The number of nitrogens with one attached hydrogen (secondary N) is 1. The summed E-state index contributed by atoms with van der Waals surface area (Å²) in [6.07, 6.45) is 3.98. The molecule has 76 valence electrons. The van der Waals surface area contributed by atoms with E-state index in [-0.39, 0.29) is 5.91 Å². The second-order valence-electron chi connectivity index (χ2n) is 3.37. The van der Waals surface area contributed by atoms with Gasteiger partial charge >= 0.3 is 0 Å². The van der Waals surface area contributed by atoms with Crippen LogP contribution in [0.4, 0.5) is 0 Å². The summed E-state index contributed by atoms with van der Waals surface area (Å²) in [5.74, 6) is 0.138. The zero-order valence-electron chi connectivity index (χ0n) is 7.88. The second kappa shape index (κ2) is 5.60. The molecule has 3 nitrogen and oxygen atoms in total. The van der Waals surface area contributed by atoms with Crippen molar-refractivity contribution in [3.05, 3.63) is 0 Å². The molecule has 0 spiro atoms. The average Bonchev–Trinajstić information content (AvgIpc) is 2.52. The van der Waals surface area contributed by atoms with Gasteiger partial charge in [0, 0.05) is 24.9 Å². The minimum Gasteiger partial charge on any atom is -0.381 e. The fourth-order valence-corrected chi connectivity index (χ4v) is 2.03.